The van der Waals surface area contributed by atoms with Crippen LogP contribution in [0, 0.1) is 0 Å². The largest absolute Gasteiger partial charge is 0.514 e. The SMILES string of the molecule is CC(=O)c1cc(B2OC(C)(C)C(C)(C)O2)nc(C(F)(F)F)c1. The fourth-order valence-corrected chi connectivity index (χ4v) is 1.98. The maximum absolute atomic E-state index is 12.9. The number of nitrogens with zero attached hydrogens (tertiary/aromatic N) is 1. The third-order valence-corrected chi connectivity index (χ3v) is 4.04. The molecule has 2 rings (SSSR count). The van der Waals surface area contributed by atoms with Crippen molar-refractivity contribution in [3.05, 3.63) is 23.4 Å². The summed E-state index contributed by atoms with van der Waals surface area (Å²) < 4.78 is 50.2. The van der Waals surface area contributed by atoms with Crippen LogP contribution in [-0.4, -0.2) is 29.1 Å². The van der Waals surface area contributed by atoms with Gasteiger partial charge in [-0.2, -0.15) is 13.2 Å². The second-order valence-corrected chi connectivity index (χ2v) is 6.31. The summed E-state index contributed by atoms with van der Waals surface area (Å²) in [4.78, 5) is 15.0. The standard InChI is InChI=1S/C14H17BF3NO3/c1-8(20)9-6-10(14(16,17)18)19-11(7-9)15-21-12(2,3)13(4,5)22-15/h6-7H,1-5H3. The number of carbonyl (C=O) groups excluding carboxylic acids is 1. The maximum Gasteiger partial charge on any atom is 0.514 e. The molecule has 22 heavy (non-hydrogen) atoms. The van der Waals surface area contributed by atoms with E-state index in [0.29, 0.717) is 0 Å². The van der Waals surface area contributed by atoms with Crippen molar-refractivity contribution in [2.24, 2.45) is 0 Å². The number of halogens is 3. The van der Waals surface area contributed by atoms with E-state index in [9.17, 15) is 18.0 Å². The predicted octanol–water partition coefficient (Wildman–Crippen LogP) is 2.60. The molecule has 2 heterocycles. The quantitative estimate of drug-likeness (QED) is 0.622. The van der Waals surface area contributed by atoms with Gasteiger partial charge in [-0.1, -0.05) is 0 Å². The summed E-state index contributed by atoms with van der Waals surface area (Å²) in [6.07, 6.45) is -4.65. The highest BCUT2D eigenvalue weighted by molar-refractivity contribution is 6.61. The summed E-state index contributed by atoms with van der Waals surface area (Å²) in [5, 5.41) is 0. The third-order valence-electron chi connectivity index (χ3n) is 4.04. The number of hydrogen-bond donors (Lipinski definition) is 0. The van der Waals surface area contributed by atoms with Crippen molar-refractivity contribution >= 4 is 18.5 Å². The topological polar surface area (TPSA) is 48.4 Å². The molecule has 1 aliphatic rings. The minimum absolute atomic E-state index is 0.0568. The van der Waals surface area contributed by atoms with Gasteiger partial charge < -0.3 is 9.31 Å². The van der Waals surface area contributed by atoms with E-state index in [0.717, 1.165) is 6.07 Å². The van der Waals surface area contributed by atoms with E-state index in [-0.39, 0.29) is 11.2 Å². The van der Waals surface area contributed by atoms with Gasteiger partial charge >= 0.3 is 13.3 Å². The molecule has 4 nitrogen and oxygen atoms in total. The molecule has 0 N–H and O–H groups in total. The van der Waals surface area contributed by atoms with E-state index < -0.39 is 36.0 Å². The fraction of sp³-hybridized carbons (Fsp3) is 0.571. The number of rotatable bonds is 2. The lowest BCUT2D eigenvalue weighted by molar-refractivity contribution is -0.141. The summed E-state index contributed by atoms with van der Waals surface area (Å²) in [6, 6.07) is 2.01. The van der Waals surface area contributed by atoms with Gasteiger partial charge in [0.2, 0.25) is 0 Å². The van der Waals surface area contributed by atoms with Crippen LogP contribution >= 0.6 is 0 Å². The van der Waals surface area contributed by atoms with Crippen molar-refractivity contribution in [2.75, 3.05) is 0 Å². The van der Waals surface area contributed by atoms with Gasteiger partial charge in [0.15, 0.2) is 5.78 Å². The number of ketones is 1. The number of pyridine rings is 1. The van der Waals surface area contributed by atoms with Gasteiger partial charge in [-0.25, -0.2) is 0 Å². The molecule has 0 saturated carbocycles. The minimum atomic E-state index is -4.65. The summed E-state index contributed by atoms with van der Waals surface area (Å²) in [7, 11) is -1.05. The van der Waals surface area contributed by atoms with Crippen LogP contribution in [0.4, 0.5) is 13.2 Å². The molecule has 1 aromatic heterocycles. The molecular weight excluding hydrogens is 298 g/mol. The van der Waals surface area contributed by atoms with Crippen LogP contribution in [0.2, 0.25) is 0 Å². The molecule has 1 saturated heterocycles. The van der Waals surface area contributed by atoms with Crippen molar-refractivity contribution in [1.82, 2.24) is 4.98 Å². The van der Waals surface area contributed by atoms with Crippen molar-refractivity contribution in [3.63, 3.8) is 0 Å². The molecule has 8 heteroatoms. The number of aromatic nitrogens is 1. The van der Waals surface area contributed by atoms with Crippen LogP contribution in [-0.2, 0) is 15.5 Å². The highest BCUT2D eigenvalue weighted by Crippen LogP contribution is 2.36. The summed E-state index contributed by atoms with van der Waals surface area (Å²) in [6.45, 7) is 8.33. The first-order valence-corrected chi connectivity index (χ1v) is 6.79. The fourth-order valence-electron chi connectivity index (χ4n) is 1.98. The molecular formula is C14H17BF3NO3. The van der Waals surface area contributed by atoms with Crippen LogP contribution in [0.25, 0.3) is 0 Å². The summed E-state index contributed by atoms with van der Waals surface area (Å²) >= 11 is 0. The Labute approximate surface area is 127 Å². The number of alkyl halides is 3. The first-order valence-electron chi connectivity index (χ1n) is 6.79. The number of carbonyl (C=O) groups is 1. The molecule has 0 bridgehead atoms. The molecule has 0 atom stereocenters. The second kappa shape index (κ2) is 5.06. The maximum atomic E-state index is 12.9. The van der Waals surface area contributed by atoms with Crippen LogP contribution in [0.3, 0.4) is 0 Å². The Morgan fingerprint density at radius 1 is 1.14 bits per heavy atom. The lowest BCUT2D eigenvalue weighted by Gasteiger charge is -2.32. The molecule has 120 valence electrons. The van der Waals surface area contributed by atoms with Gasteiger partial charge in [-0.15, -0.1) is 0 Å². The van der Waals surface area contributed by atoms with Gasteiger partial charge in [-0.05, 0) is 46.8 Å². The summed E-state index contributed by atoms with van der Waals surface area (Å²) in [5.74, 6) is -0.481. The smallest absolute Gasteiger partial charge is 0.398 e. The van der Waals surface area contributed by atoms with E-state index in [1.165, 1.54) is 13.0 Å². The van der Waals surface area contributed by atoms with Crippen LogP contribution in [0.15, 0.2) is 12.1 Å². The van der Waals surface area contributed by atoms with Crippen LogP contribution in [0.5, 0.6) is 0 Å². The van der Waals surface area contributed by atoms with Gasteiger partial charge in [0.25, 0.3) is 0 Å². The van der Waals surface area contributed by atoms with Gasteiger partial charge in [0, 0.05) is 5.56 Å². The Morgan fingerprint density at radius 2 is 1.64 bits per heavy atom. The Bertz CT molecular complexity index is 598. The molecule has 1 aromatic rings. The van der Waals surface area contributed by atoms with E-state index in [2.05, 4.69) is 4.98 Å². The Kier molecular flexibility index (Phi) is 3.90. The number of hydrogen-bond acceptors (Lipinski definition) is 4. The van der Waals surface area contributed by atoms with Crippen molar-refractivity contribution in [3.8, 4) is 0 Å². The van der Waals surface area contributed by atoms with Gasteiger partial charge in [0.1, 0.15) is 5.69 Å². The average Bonchev–Trinajstić information content (AvgIpc) is 2.57. The molecule has 0 aliphatic carbocycles. The van der Waals surface area contributed by atoms with Crippen molar-refractivity contribution in [2.45, 2.75) is 52.0 Å². The average molecular weight is 315 g/mol. The van der Waals surface area contributed by atoms with Crippen LogP contribution < -0.4 is 5.59 Å². The highest BCUT2D eigenvalue weighted by Gasteiger charge is 2.52. The third kappa shape index (κ3) is 3.03. The zero-order valence-corrected chi connectivity index (χ0v) is 13.0. The molecule has 0 spiro atoms. The van der Waals surface area contributed by atoms with E-state index in [1.54, 1.807) is 27.7 Å². The highest BCUT2D eigenvalue weighted by atomic mass is 19.4. The van der Waals surface area contributed by atoms with E-state index >= 15 is 0 Å². The molecule has 0 aromatic carbocycles. The molecule has 1 aliphatic heterocycles. The Balaban J connectivity index is 2.48. The first-order chi connectivity index (χ1) is 9.83. The summed E-state index contributed by atoms with van der Waals surface area (Å²) in [5.41, 5.74) is -2.68. The Hall–Kier alpha value is -1.41. The van der Waals surface area contributed by atoms with E-state index in [4.69, 9.17) is 9.31 Å². The normalized spacial score (nSPS) is 20.3. The minimum Gasteiger partial charge on any atom is -0.398 e. The van der Waals surface area contributed by atoms with Crippen molar-refractivity contribution < 1.29 is 27.3 Å². The van der Waals surface area contributed by atoms with Gasteiger partial charge in [0.05, 0.1) is 16.8 Å². The van der Waals surface area contributed by atoms with E-state index in [1.807, 2.05) is 0 Å². The van der Waals surface area contributed by atoms with Crippen LogP contribution in [0.1, 0.15) is 50.7 Å². The molecule has 1 fully saturated rings. The monoisotopic (exact) mass is 315 g/mol. The van der Waals surface area contributed by atoms with Gasteiger partial charge in [-0.3, -0.25) is 9.78 Å². The number of Topliss-reactive ketones (excluding diaryl/α,β-unsaturated/α-hetero) is 1. The molecule has 0 amide bonds. The predicted molar refractivity (Wildman–Crippen MR) is 75.0 cm³/mol. The second-order valence-electron chi connectivity index (χ2n) is 6.31. The molecule has 0 unspecified atom stereocenters. The lowest BCUT2D eigenvalue weighted by Crippen LogP contribution is -2.41. The zero-order chi connectivity index (χ0) is 16.9. The lowest BCUT2D eigenvalue weighted by atomic mass is 9.83. The Morgan fingerprint density at radius 3 is 2.05 bits per heavy atom. The van der Waals surface area contributed by atoms with Crippen molar-refractivity contribution in [1.29, 1.82) is 0 Å². The zero-order valence-electron chi connectivity index (χ0n) is 13.0. The first kappa shape index (κ1) is 17.0. The molecule has 0 radical (unpaired) electrons.